The summed E-state index contributed by atoms with van der Waals surface area (Å²) in [6.45, 7) is 2.83. The monoisotopic (exact) mass is 268 g/mol. The quantitative estimate of drug-likeness (QED) is 0.602. The van der Waals surface area contributed by atoms with Gasteiger partial charge < -0.3 is 9.47 Å². The molecule has 6 heteroatoms. The highest BCUT2D eigenvalue weighted by Crippen LogP contribution is 2.44. The summed E-state index contributed by atoms with van der Waals surface area (Å²) in [4.78, 5) is 0. The summed E-state index contributed by atoms with van der Waals surface area (Å²) >= 11 is 0. The number of rotatable bonds is 6. The lowest BCUT2D eigenvalue weighted by Crippen LogP contribution is -2.47. The molecule has 2 rings (SSSR count). The summed E-state index contributed by atoms with van der Waals surface area (Å²) in [5.41, 5.74) is 3.62. The first kappa shape index (κ1) is 14.3. The van der Waals surface area contributed by atoms with Gasteiger partial charge in [-0.3, -0.25) is 10.5 Å². The molecule has 0 amide bonds. The normalized spacial score (nSPS) is 19.6. The average Bonchev–Trinajstić information content (AvgIpc) is 3.07. The zero-order valence-corrected chi connectivity index (χ0v) is 12.0. The van der Waals surface area contributed by atoms with E-state index in [-0.39, 0.29) is 11.6 Å². The van der Waals surface area contributed by atoms with E-state index in [0.29, 0.717) is 0 Å². The Bertz CT molecular complexity index is 391. The third-order valence-electron chi connectivity index (χ3n) is 4.19. The Morgan fingerprint density at radius 3 is 2.63 bits per heavy atom. The Labute approximate surface area is 114 Å². The molecule has 1 aliphatic rings. The standard InChI is InChI=1S/C13H24N4O2/c1-4-17-11(10(18-2)9-15-17)12(16-14)13(19-3)7-5-6-8-13/h9,12,16H,4-8,14H2,1-3H3. The molecule has 1 heterocycles. The zero-order valence-electron chi connectivity index (χ0n) is 12.0. The molecule has 0 bridgehead atoms. The van der Waals surface area contributed by atoms with E-state index in [2.05, 4.69) is 17.4 Å². The van der Waals surface area contributed by atoms with Crippen molar-refractivity contribution >= 4 is 0 Å². The maximum absolute atomic E-state index is 5.84. The fourth-order valence-corrected chi connectivity index (χ4v) is 3.14. The Hall–Kier alpha value is -1.11. The molecule has 1 aromatic rings. The number of ether oxygens (including phenoxy) is 2. The van der Waals surface area contributed by atoms with Gasteiger partial charge in [-0.2, -0.15) is 5.10 Å². The molecular formula is C13H24N4O2. The lowest BCUT2D eigenvalue weighted by atomic mass is 9.89. The van der Waals surface area contributed by atoms with Crippen LogP contribution in [0.25, 0.3) is 0 Å². The van der Waals surface area contributed by atoms with E-state index < -0.39 is 0 Å². The van der Waals surface area contributed by atoms with Crippen molar-refractivity contribution in [1.82, 2.24) is 15.2 Å². The second kappa shape index (κ2) is 5.90. The molecule has 0 spiro atoms. The van der Waals surface area contributed by atoms with E-state index >= 15 is 0 Å². The van der Waals surface area contributed by atoms with Gasteiger partial charge in [0.1, 0.15) is 5.69 Å². The van der Waals surface area contributed by atoms with Crippen LogP contribution in [-0.2, 0) is 11.3 Å². The van der Waals surface area contributed by atoms with Gasteiger partial charge in [-0.05, 0) is 19.8 Å². The molecule has 108 valence electrons. The molecule has 0 aliphatic heterocycles. The summed E-state index contributed by atoms with van der Waals surface area (Å²) < 4.78 is 13.2. The first-order chi connectivity index (χ1) is 9.22. The van der Waals surface area contributed by atoms with Gasteiger partial charge in [0, 0.05) is 13.7 Å². The highest BCUT2D eigenvalue weighted by molar-refractivity contribution is 5.31. The van der Waals surface area contributed by atoms with Crippen molar-refractivity contribution in [3.05, 3.63) is 11.9 Å². The Morgan fingerprint density at radius 2 is 2.16 bits per heavy atom. The number of methoxy groups -OCH3 is 2. The van der Waals surface area contributed by atoms with Crippen molar-refractivity contribution in [2.24, 2.45) is 5.84 Å². The largest absolute Gasteiger partial charge is 0.493 e. The van der Waals surface area contributed by atoms with Gasteiger partial charge in [-0.15, -0.1) is 0 Å². The SMILES string of the molecule is CCn1ncc(OC)c1C(NN)C1(OC)CCCC1. The van der Waals surface area contributed by atoms with E-state index in [9.17, 15) is 0 Å². The minimum atomic E-state index is -0.269. The predicted molar refractivity (Wildman–Crippen MR) is 72.7 cm³/mol. The highest BCUT2D eigenvalue weighted by Gasteiger charge is 2.44. The summed E-state index contributed by atoms with van der Waals surface area (Å²) in [6, 6.07) is -0.114. The smallest absolute Gasteiger partial charge is 0.161 e. The van der Waals surface area contributed by atoms with Crippen molar-refractivity contribution in [3.63, 3.8) is 0 Å². The van der Waals surface area contributed by atoms with Crippen LogP contribution in [0.1, 0.15) is 44.3 Å². The van der Waals surface area contributed by atoms with Gasteiger partial charge in [0.05, 0.1) is 24.9 Å². The average molecular weight is 268 g/mol. The summed E-state index contributed by atoms with van der Waals surface area (Å²) in [5.74, 6) is 6.58. The molecule has 1 atom stereocenters. The molecule has 0 radical (unpaired) electrons. The zero-order chi connectivity index (χ0) is 13.9. The van der Waals surface area contributed by atoms with Crippen molar-refractivity contribution in [3.8, 4) is 5.75 Å². The molecule has 1 unspecified atom stereocenters. The molecule has 3 N–H and O–H groups in total. The fraction of sp³-hybridized carbons (Fsp3) is 0.769. The summed E-state index contributed by atoms with van der Waals surface area (Å²) in [5, 5.41) is 4.35. The fourth-order valence-electron chi connectivity index (χ4n) is 3.14. The number of aryl methyl sites for hydroxylation is 1. The maximum atomic E-state index is 5.84. The lowest BCUT2D eigenvalue weighted by molar-refractivity contribution is -0.0395. The first-order valence-corrected chi connectivity index (χ1v) is 6.83. The minimum absolute atomic E-state index is 0.114. The third kappa shape index (κ3) is 2.35. The topological polar surface area (TPSA) is 74.3 Å². The van der Waals surface area contributed by atoms with E-state index in [1.54, 1.807) is 20.4 Å². The van der Waals surface area contributed by atoms with Crippen molar-refractivity contribution < 1.29 is 9.47 Å². The van der Waals surface area contributed by atoms with E-state index in [4.69, 9.17) is 15.3 Å². The second-order valence-corrected chi connectivity index (χ2v) is 4.99. The number of nitrogens with one attached hydrogen (secondary N) is 1. The Balaban J connectivity index is 2.43. The molecule has 0 saturated heterocycles. The van der Waals surface area contributed by atoms with Gasteiger partial charge >= 0.3 is 0 Å². The number of nitrogens with zero attached hydrogens (tertiary/aromatic N) is 2. The highest BCUT2D eigenvalue weighted by atomic mass is 16.5. The van der Waals surface area contributed by atoms with Crippen LogP contribution in [-0.4, -0.2) is 29.6 Å². The molecule has 0 aromatic carbocycles. The lowest BCUT2D eigenvalue weighted by Gasteiger charge is -2.36. The van der Waals surface area contributed by atoms with Gasteiger partial charge in [0.15, 0.2) is 5.75 Å². The number of hydrazine groups is 1. The number of nitrogens with two attached hydrogens (primary N) is 1. The van der Waals surface area contributed by atoms with Crippen molar-refractivity contribution in [1.29, 1.82) is 0 Å². The van der Waals surface area contributed by atoms with Crippen molar-refractivity contribution in [2.45, 2.75) is 50.8 Å². The number of aromatic nitrogens is 2. The minimum Gasteiger partial charge on any atom is -0.493 e. The molecule has 1 fully saturated rings. The second-order valence-electron chi connectivity index (χ2n) is 4.99. The van der Waals surface area contributed by atoms with Crippen LogP contribution < -0.4 is 16.0 Å². The van der Waals surface area contributed by atoms with Crippen LogP contribution in [0.4, 0.5) is 0 Å². The number of hydrogen-bond donors (Lipinski definition) is 2. The van der Waals surface area contributed by atoms with Crippen molar-refractivity contribution in [2.75, 3.05) is 14.2 Å². The van der Waals surface area contributed by atoms with Crippen LogP contribution in [0.5, 0.6) is 5.75 Å². The van der Waals surface area contributed by atoms with E-state index in [1.165, 1.54) is 0 Å². The van der Waals surface area contributed by atoms with Crippen LogP contribution in [0, 0.1) is 0 Å². The van der Waals surface area contributed by atoms with E-state index in [0.717, 1.165) is 43.7 Å². The van der Waals surface area contributed by atoms with Crippen LogP contribution in [0.2, 0.25) is 0 Å². The molecule has 1 aliphatic carbocycles. The Kier molecular flexibility index (Phi) is 4.44. The Morgan fingerprint density at radius 1 is 1.47 bits per heavy atom. The van der Waals surface area contributed by atoms with Crippen LogP contribution in [0.15, 0.2) is 6.20 Å². The molecule has 6 nitrogen and oxygen atoms in total. The summed E-state index contributed by atoms with van der Waals surface area (Å²) in [7, 11) is 3.41. The molecular weight excluding hydrogens is 244 g/mol. The van der Waals surface area contributed by atoms with E-state index in [1.807, 2.05) is 4.68 Å². The van der Waals surface area contributed by atoms with Gasteiger partial charge in [0.2, 0.25) is 0 Å². The molecule has 19 heavy (non-hydrogen) atoms. The molecule has 1 saturated carbocycles. The maximum Gasteiger partial charge on any atom is 0.161 e. The first-order valence-electron chi connectivity index (χ1n) is 6.83. The van der Waals surface area contributed by atoms with Gasteiger partial charge in [-0.1, -0.05) is 12.8 Å². The van der Waals surface area contributed by atoms with Gasteiger partial charge in [-0.25, -0.2) is 5.43 Å². The summed E-state index contributed by atoms with van der Waals surface area (Å²) in [6.07, 6.45) is 6.05. The molecule has 1 aromatic heterocycles. The van der Waals surface area contributed by atoms with Gasteiger partial charge in [0.25, 0.3) is 0 Å². The van der Waals surface area contributed by atoms with Crippen LogP contribution in [0.3, 0.4) is 0 Å². The third-order valence-corrected chi connectivity index (χ3v) is 4.19. The van der Waals surface area contributed by atoms with Crippen LogP contribution >= 0.6 is 0 Å². The number of hydrogen-bond acceptors (Lipinski definition) is 5. The predicted octanol–water partition coefficient (Wildman–Crippen LogP) is 1.38.